The number of anilines is 1. The number of likely N-dealkylation sites (N-methyl/N-ethyl adjacent to an activating group) is 1. The Hall–Kier alpha value is -1.40. The van der Waals surface area contributed by atoms with Crippen LogP contribution in [0.15, 0.2) is 17.1 Å². The summed E-state index contributed by atoms with van der Waals surface area (Å²) in [5, 5.41) is 4.22. The summed E-state index contributed by atoms with van der Waals surface area (Å²) in [5.41, 5.74) is 0.892. The highest BCUT2D eigenvalue weighted by Gasteiger charge is 2.24. The molecular formula is C12H18N4O2. The number of rotatable bonds is 3. The van der Waals surface area contributed by atoms with Crippen LogP contribution in [0.3, 0.4) is 0 Å². The third-order valence-electron chi connectivity index (χ3n) is 3.50. The summed E-state index contributed by atoms with van der Waals surface area (Å²) >= 11 is 0. The molecular weight excluding hydrogens is 232 g/mol. The zero-order valence-electron chi connectivity index (χ0n) is 10.6. The number of aromatic nitrogens is 2. The van der Waals surface area contributed by atoms with Gasteiger partial charge in [-0.2, -0.15) is 5.10 Å². The molecule has 3 heterocycles. The Morgan fingerprint density at radius 1 is 1.39 bits per heavy atom. The van der Waals surface area contributed by atoms with Gasteiger partial charge < -0.3 is 14.5 Å². The van der Waals surface area contributed by atoms with Crippen molar-refractivity contribution < 1.29 is 4.74 Å². The summed E-state index contributed by atoms with van der Waals surface area (Å²) in [7, 11) is 2.11. The van der Waals surface area contributed by atoms with Gasteiger partial charge >= 0.3 is 0 Å². The molecule has 98 valence electrons. The minimum absolute atomic E-state index is 0.0399. The molecule has 1 atom stereocenters. The van der Waals surface area contributed by atoms with Gasteiger partial charge in [0.2, 0.25) is 0 Å². The highest BCUT2D eigenvalue weighted by Crippen LogP contribution is 2.13. The largest absolute Gasteiger partial charge is 0.371 e. The van der Waals surface area contributed by atoms with E-state index in [-0.39, 0.29) is 11.7 Å². The molecule has 3 rings (SSSR count). The lowest BCUT2D eigenvalue weighted by atomic mass is 10.3. The first-order valence-corrected chi connectivity index (χ1v) is 6.34. The van der Waals surface area contributed by atoms with Crippen LogP contribution >= 0.6 is 0 Å². The van der Waals surface area contributed by atoms with Crippen molar-refractivity contribution in [2.24, 2.45) is 0 Å². The van der Waals surface area contributed by atoms with Crippen molar-refractivity contribution >= 4 is 5.69 Å². The molecule has 0 bridgehead atoms. The molecule has 0 unspecified atom stereocenters. The van der Waals surface area contributed by atoms with Crippen LogP contribution in [0.4, 0.5) is 5.69 Å². The molecule has 6 nitrogen and oxygen atoms in total. The van der Waals surface area contributed by atoms with Gasteiger partial charge in [0.15, 0.2) is 0 Å². The molecule has 1 aromatic heterocycles. The van der Waals surface area contributed by atoms with E-state index in [1.54, 1.807) is 12.3 Å². The Bertz CT molecular complexity index is 475. The van der Waals surface area contributed by atoms with Crippen LogP contribution < -0.4 is 10.5 Å². The molecule has 2 saturated heterocycles. The third kappa shape index (κ3) is 2.54. The van der Waals surface area contributed by atoms with Gasteiger partial charge in [0.25, 0.3) is 5.56 Å². The van der Waals surface area contributed by atoms with E-state index in [2.05, 4.69) is 21.9 Å². The molecule has 2 aliphatic heterocycles. The van der Waals surface area contributed by atoms with Crippen LogP contribution in [0.5, 0.6) is 0 Å². The van der Waals surface area contributed by atoms with E-state index in [1.807, 2.05) is 0 Å². The molecule has 0 spiro atoms. The highest BCUT2D eigenvalue weighted by atomic mass is 16.6. The van der Waals surface area contributed by atoms with Crippen molar-refractivity contribution in [3.63, 3.8) is 0 Å². The van der Waals surface area contributed by atoms with E-state index in [1.165, 1.54) is 4.68 Å². The van der Waals surface area contributed by atoms with Gasteiger partial charge in [0.05, 0.1) is 25.0 Å². The molecule has 0 aromatic carbocycles. The van der Waals surface area contributed by atoms with E-state index in [0.29, 0.717) is 6.54 Å². The van der Waals surface area contributed by atoms with Crippen molar-refractivity contribution in [2.45, 2.75) is 12.6 Å². The fraction of sp³-hybridized carbons (Fsp3) is 0.667. The third-order valence-corrected chi connectivity index (χ3v) is 3.50. The molecule has 0 radical (unpaired) electrons. The Labute approximate surface area is 106 Å². The first-order valence-electron chi connectivity index (χ1n) is 6.34. The van der Waals surface area contributed by atoms with Crippen molar-refractivity contribution in [1.29, 1.82) is 0 Å². The molecule has 0 saturated carbocycles. The maximum atomic E-state index is 11.9. The van der Waals surface area contributed by atoms with Crippen molar-refractivity contribution in [3.05, 3.63) is 22.6 Å². The lowest BCUT2D eigenvalue weighted by Crippen LogP contribution is -2.45. The van der Waals surface area contributed by atoms with Gasteiger partial charge in [-0.15, -0.1) is 0 Å². The summed E-state index contributed by atoms with van der Waals surface area (Å²) in [6.45, 7) is 5.27. The molecule has 2 aliphatic rings. The minimum atomic E-state index is -0.0399. The van der Waals surface area contributed by atoms with Gasteiger partial charge in [0.1, 0.15) is 6.10 Å². The summed E-state index contributed by atoms with van der Waals surface area (Å²) in [5.74, 6) is 0. The smallest absolute Gasteiger partial charge is 0.268 e. The predicted octanol–water partition coefficient (Wildman–Crippen LogP) is -0.606. The summed E-state index contributed by atoms with van der Waals surface area (Å²) in [6.07, 6.45) is 1.97. The van der Waals surface area contributed by atoms with Crippen LogP contribution in [-0.2, 0) is 11.3 Å². The SMILES string of the molecule is CN1CCN(c2cnn(C[C@H]3CO3)c(=O)c2)CC1. The highest BCUT2D eigenvalue weighted by molar-refractivity contribution is 5.43. The predicted molar refractivity (Wildman–Crippen MR) is 67.9 cm³/mol. The van der Waals surface area contributed by atoms with Crippen LogP contribution in [0, 0.1) is 0 Å². The van der Waals surface area contributed by atoms with Crippen LogP contribution in [0.25, 0.3) is 0 Å². The average Bonchev–Trinajstić information content (AvgIpc) is 3.17. The Morgan fingerprint density at radius 3 is 2.72 bits per heavy atom. The maximum absolute atomic E-state index is 11.9. The van der Waals surface area contributed by atoms with E-state index >= 15 is 0 Å². The quantitative estimate of drug-likeness (QED) is 0.670. The second-order valence-electron chi connectivity index (χ2n) is 4.98. The topological polar surface area (TPSA) is 53.9 Å². The van der Waals surface area contributed by atoms with E-state index in [4.69, 9.17) is 4.74 Å². The number of hydrogen-bond donors (Lipinski definition) is 0. The molecule has 0 aliphatic carbocycles. The molecule has 1 aromatic rings. The lowest BCUT2D eigenvalue weighted by Gasteiger charge is -2.33. The second kappa shape index (κ2) is 4.70. The van der Waals surface area contributed by atoms with Gasteiger partial charge in [0, 0.05) is 32.2 Å². The molecule has 18 heavy (non-hydrogen) atoms. The second-order valence-corrected chi connectivity index (χ2v) is 4.98. The molecule has 2 fully saturated rings. The summed E-state index contributed by atoms with van der Waals surface area (Å²) in [6, 6.07) is 1.68. The van der Waals surface area contributed by atoms with Crippen molar-refractivity contribution in [1.82, 2.24) is 14.7 Å². The summed E-state index contributed by atoms with van der Waals surface area (Å²) in [4.78, 5) is 16.4. The zero-order valence-corrected chi connectivity index (χ0v) is 10.6. The molecule has 6 heteroatoms. The van der Waals surface area contributed by atoms with Crippen molar-refractivity contribution in [2.75, 3.05) is 44.7 Å². The monoisotopic (exact) mass is 250 g/mol. The Kier molecular flexibility index (Phi) is 3.05. The molecule has 0 amide bonds. The molecule has 0 N–H and O–H groups in total. The van der Waals surface area contributed by atoms with Crippen LogP contribution in [-0.4, -0.2) is 60.6 Å². The van der Waals surface area contributed by atoms with Gasteiger partial charge in [-0.1, -0.05) is 0 Å². The maximum Gasteiger partial charge on any atom is 0.268 e. The van der Waals surface area contributed by atoms with E-state index in [9.17, 15) is 4.79 Å². The van der Waals surface area contributed by atoms with E-state index < -0.39 is 0 Å². The number of nitrogens with zero attached hydrogens (tertiary/aromatic N) is 4. The number of epoxide rings is 1. The number of piperazine rings is 1. The zero-order chi connectivity index (χ0) is 12.5. The number of ether oxygens (including phenoxy) is 1. The standard InChI is InChI=1S/C12H18N4O2/c1-14-2-4-15(5-3-14)10-6-12(17)16(13-7-10)8-11-9-18-11/h6-7,11H,2-5,8-9H2,1H3/t11-/m0/s1. The fourth-order valence-corrected chi connectivity index (χ4v) is 2.17. The fourth-order valence-electron chi connectivity index (χ4n) is 2.17. The Balaban J connectivity index is 1.72. The Morgan fingerprint density at radius 2 is 2.11 bits per heavy atom. The minimum Gasteiger partial charge on any atom is -0.371 e. The van der Waals surface area contributed by atoms with Crippen molar-refractivity contribution in [3.8, 4) is 0 Å². The van der Waals surface area contributed by atoms with Gasteiger partial charge in [-0.25, -0.2) is 4.68 Å². The van der Waals surface area contributed by atoms with E-state index in [0.717, 1.165) is 38.5 Å². The summed E-state index contributed by atoms with van der Waals surface area (Å²) < 4.78 is 6.59. The first kappa shape index (κ1) is 11.7. The van der Waals surface area contributed by atoms with Crippen LogP contribution in [0.2, 0.25) is 0 Å². The first-order chi connectivity index (χ1) is 8.72. The van der Waals surface area contributed by atoms with Gasteiger partial charge in [-0.3, -0.25) is 4.79 Å². The van der Waals surface area contributed by atoms with Gasteiger partial charge in [-0.05, 0) is 7.05 Å². The van der Waals surface area contributed by atoms with Crippen LogP contribution in [0.1, 0.15) is 0 Å². The normalized spacial score (nSPS) is 24.3. The lowest BCUT2D eigenvalue weighted by molar-refractivity contribution is 0.312. The number of hydrogen-bond acceptors (Lipinski definition) is 5. The average molecular weight is 250 g/mol.